The van der Waals surface area contributed by atoms with E-state index in [1.54, 1.807) is 0 Å². The van der Waals surface area contributed by atoms with Crippen LogP contribution in [0.15, 0.2) is 28.7 Å². The van der Waals surface area contributed by atoms with Gasteiger partial charge in [-0.15, -0.1) is 0 Å². The Hall–Kier alpha value is -0.540. The van der Waals surface area contributed by atoms with Crippen LogP contribution in [0.1, 0.15) is 32.6 Å². The van der Waals surface area contributed by atoms with E-state index in [2.05, 4.69) is 52.4 Å². The minimum absolute atomic E-state index is 0.415. The molecule has 3 heteroatoms. The van der Waals surface area contributed by atoms with Gasteiger partial charge in [-0.1, -0.05) is 35.7 Å². The fraction of sp³-hybridized carbons (Fsp3) is 0.600. The van der Waals surface area contributed by atoms with Crippen molar-refractivity contribution in [2.75, 3.05) is 11.9 Å². The molecule has 0 saturated heterocycles. The molecule has 0 spiro atoms. The van der Waals surface area contributed by atoms with Gasteiger partial charge in [0.2, 0.25) is 0 Å². The summed E-state index contributed by atoms with van der Waals surface area (Å²) >= 11 is 3.46. The third kappa shape index (κ3) is 3.72. The van der Waals surface area contributed by atoms with Crippen molar-refractivity contribution >= 4 is 21.6 Å². The van der Waals surface area contributed by atoms with E-state index in [0.717, 1.165) is 22.9 Å². The molecule has 2 rings (SSSR count). The van der Waals surface area contributed by atoms with Crippen LogP contribution in [0.2, 0.25) is 0 Å². The number of anilines is 1. The van der Waals surface area contributed by atoms with Crippen molar-refractivity contribution in [1.82, 2.24) is 0 Å². The predicted molar refractivity (Wildman–Crippen MR) is 81.7 cm³/mol. The number of benzene rings is 1. The Kier molecular flexibility index (Phi) is 5.07. The third-order valence-corrected chi connectivity index (χ3v) is 4.61. The fourth-order valence-corrected chi connectivity index (χ4v) is 3.08. The van der Waals surface area contributed by atoms with Gasteiger partial charge in [0, 0.05) is 22.7 Å². The first-order chi connectivity index (χ1) is 8.69. The summed E-state index contributed by atoms with van der Waals surface area (Å²) in [6, 6.07) is 8.77. The molecule has 1 aromatic carbocycles. The van der Waals surface area contributed by atoms with Gasteiger partial charge in [0.25, 0.3) is 0 Å². The number of rotatable bonds is 4. The zero-order chi connectivity index (χ0) is 13.0. The van der Waals surface area contributed by atoms with E-state index in [-0.39, 0.29) is 0 Å². The van der Waals surface area contributed by atoms with E-state index in [1.165, 1.54) is 31.4 Å². The summed E-state index contributed by atoms with van der Waals surface area (Å²) in [5, 5.41) is 3.59. The smallest absolute Gasteiger partial charge is 0.0411 e. The van der Waals surface area contributed by atoms with E-state index in [1.807, 2.05) is 0 Å². The molecule has 18 heavy (non-hydrogen) atoms. The van der Waals surface area contributed by atoms with Crippen LogP contribution in [0.4, 0.5) is 5.69 Å². The van der Waals surface area contributed by atoms with Gasteiger partial charge in [-0.3, -0.25) is 0 Å². The lowest BCUT2D eigenvalue weighted by Crippen LogP contribution is -2.38. The van der Waals surface area contributed by atoms with Crippen molar-refractivity contribution in [2.45, 2.75) is 38.6 Å². The maximum atomic E-state index is 5.94. The van der Waals surface area contributed by atoms with Gasteiger partial charge in [-0.05, 0) is 48.9 Å². The molecule has 0 bridgehead atoms. The lowest BCUT2D eigenvalue weighted by Gasteiger charge is -2.33. The molecule has 1 atom stereocenters. The highest BCUT2D eigenvalue weighted by Crippen LogP contribution is 2.31. The number of nitrogens with two attached hydrogens (primary N) is 1. The summed E-state index contributed by atoms with van der Waals surface area (Å²) in [6.45, 7) is 3.07. The van der Waals surface area contributed by atoms with Crippen LogP contribution < -0.4 is 11.1 Å². The highest BCUT2D eigenvalue weighted by Gasteiger charge is 2.25. The van der Waals surface area contributed by atoms with Crippen molar-refractivity contribution in [1.29, 1.82) is 0 Å². The average molecular weight is 311 g/mol. The first-order valence-corrected chi connectivity index (χ1v) is 7.70. The van der Waals surface area contributed by atoms with Crippen LogP contribution in [-0.2, 0) is 0 Å². The van der Waals surface area contributed by atoms with Crippen molar-refractivity contribution < 1.29 is 0 Å². The number of halogens is 1. The molecule has 0 heterocycles. The molecule has 0 aliphatic heterocycles. The molecule has 0 radical (unpaired) electrons. The van der Waals surface area contributed by atoms with Crippen LogP contribution in [0.25, 0.3) is 0 Å². The van der Waals surface area contributed by atoms with Crippen LogP contribution in [-0.4, -0.2) is 12.6 Å². The molecule has 1 aromatic rings. The summed E-state index contributed by atoms with van der Waals surface area (Å²) < 4.78 is 1.11. The largest absolute Gasteiger partial charge is 0.381 e. The van der Waals surface area contributed by atoms with Crippen molar-refractivity contribution in [3.05, 3.63) is 28.7 Å². The molecule has 1 saturated carbocycles. The van der Waals surface area contributed by atoms with E-state index < -0.39 is 0 Å². The Morgan fingerprint density at radius 2 is 1.83 bits per heavy atom. The first kappa shape index (κ1) is 13.9. The summed E-state index contributed by atoms with van der Waals surface area (Å²) in [5.74, 6) is 1.63. The van der Waals surface area contributed by atoms with Gasteiger partial charge in [-0.25, -0.2) is 0 Å². The Morgan fingerprint density at radius 1 is 1.22 bits per heavy atom. The maximum absolute atomic E-state index is 5.94. The van der Waals surface area contributed by atoms with Crippen molar-refractivity contribution in [3.8, 4) is 0 Å². The van der Waals surface area contributed by atoms with Crippen LogP contribution in [0.3, 0.4) is 0 Å². The molecule has 3 N–H and O–H groups in total. The van der Waals surface area contributed by atoms with Crippen LogP contribution in [0, 0.1) is 11.8 Å². The van der Waals surface area contributed by atoms with E-state index in [0.29, 0.717) is 6.04 Å². The summed E-state index contributed by atoms with van der Waals surface area (Å²) in [4.78, 5) is 0. The van der Waals surface area contributed by atoms with Crippen LogP contribution >= 0.6 is 15.9 Å². The minimum Gasteiger partial charge on any atom is -0.381 e. The highest BCUT2D eigenvalue weighted by molar-refractivity contribution is 9.10. The fourth-order valence-electron chi connectivity index (χ4n) is 2.82. The van der Waals surface area contributed by atoms with Gasteiger partial charge in [0.05, 0.1) is 0 Å². The Bertz CT molecular complexity index is 355. The zero-order valence-corrected chi connectivity index (χ0v) is 12.6. The molecule has 1 fully saturated rings. The molecule has 1 aliphatic rings. The standard InChI is InChI=1S/C15H23BrN2/c1-11-2-4-12(5-3-11)15(10-17)18-14-8-6-13(16)7-9-14/h6-9,11-12,15,18H,2-5,10,17H2,1H3. The van der Waals surface area contributed by atoms with Crippen molar-refractivity contribution in [3.63, 3.8) is 0 Å². The van der Waals surface area contributed by atoms with Gasteiger partial charge < -0.3 is 11.1 Å². The van der Waals surface area contributed by atoms with E-state index in [9.17, 15) is 0 Å². The summed E-state index contributed by atoms with van der Waals surface area (Å²) in [6.07, 6.45) is 5.32. The molecule has 1 unspecified atom stereocenters. The quantitative estimate of drug-likeness (QED) is 0.881. The van der Waals surface area contributed by atoms with Gasteiger partial charge >= 0.3 is 0 Å². The Balaban J connectivity index is 1.94. The van der Waals surface area contributed by atoms with E-state index >= 15 is 0 Å². The topological polar surface area (TPSA) is 38.0 Å². The summed E-state index contributed by atoms with van der Waals surface area (Å²) in [7, 11) is 0. The lowest BCUT2D eigenvalue weighted by molar-refractivity contribution is 0.265. The minimum atomic E-state index is 0.415. The monoisotopic (exact) mass is 310 g/mol. The Labute approximate surface area is 118 Å². The van der Waals surface area contributed by atoms with Crippen molar-refractivity contribution in [2.24, 2.45) is 17.6 Å². The zero-order valence-electron chi connectivity index (χ0n) is 11.0. The normalized spacial score (nSPS) is 25.7. The maximum Gasteiger partial charge on any atom is 0.0411 e. The average Bonchev–Trinajstić information content (AvgIpc) is 2.39. The molecule has 100 valence electrons. The molecule has 1 aliphatic carbocycles. The second-order valence-electron chi connectivity index (χ2n) is 5.51. The van der Waals surface area contributed by atoms with Gasteiger partial charge in [0.1, 0.15) is 0 Å². The Morgan fingerprint density at radius 3 is 2.39 bits per heavy atom. The number of nitrogens with one attached hydrogen (secondary N) is 1. The predicted octanol–water partition coefficient (Wildman–Crippen LogP) is 4.01. The van der Waals surface area contributed by atoms with E-state index in [4.69, 9.17) is 5.73 Å². The third-order valence-electron chi connectivity index (χ3n) is 4.08. The van der Waals surface area contributed by atoms with Gasteiger partial charge in [-0.2, -0.15) is 0 Å². The SMILES string of the molecule is CC1CCC(C(CN)Nc2ccc(Br)cc2)CC1. The van der Waals surface area contributed by atoms with Gasteiger partial charge in [0.15, 0.2) is 0 Å². The molecular formula is C15H23BrN2. The molecule has 0 aromatic heterocycles. The number of hydrogen-bond acceptors (Lipinski definition) is 2. The second-order valence-corrected chi connectivity index (χ2v) is 6.43. The van der Waals surface area contributed by atoms with Crippen LogP contribution in [0.5, 0.6) is 0 Å². The first-order valence-electron chi connectivity index (χ1n) is 6.91. The lowest BCUT2D eigenvalue weighted by atomic mass is 9.79. The second kappa shape index (κ2) is 6.58. The molecule has 2 nitrogen and oxygen atoms in total. The summed E-state index contributed by atoms with van der Waals surface area (Å²) in [5.41, 5.74) is 7.12. The highest BCUT2D eigenvalue weighted by atomic mass is 79.9. The molecular weight excluding hydrogens is 288 g/mol. The molecule has 0 amide bonds. The number of hydrogen-bond donors (Lipinski definition) is 2.